The van der Waals surface area contributed by atoms with Gasteiger partial charge in [0.2, 0.25) is 0 Å². The van der Waals surface area contributed by atoms with Crippen molar-refractivity contribution in [1.82, 2.24) is 0 Å². The summed E-state index contributed by atoms with van der Waals surface area (Å²) in [4.78, 5) is 0. The Morgan fingerprint density at radius 2 is 2.23 bits per heavy atom. The number of phenolic OH excluding ortho intramolecular Hbond substituents is 1. The average molecular weight is 197 g/mol. The molecule has 0 amide bonds. The van der Waals surface area contributed by atoms with Gasteiger partial charge >= 0.3 is 0 Å². The highest BCUT2D eigenvalue weighted by Crippen LogP contribution is 2.28. The van der Waals surface area contributed by atoms with E-state index in [-0.39, 0.29) is 5.75 Å². The molecule has 0 aliphatic carbocycles. The molecule has 0 bridgehead atoms. The predicted molar refractivity (Wildman–Crippen MR) is 57.1 cm³/mol. The molecule has 0 aromatic heterocycles. The largest absolute Gasteiger partial charge is 0.506 e. The first-order chi connectivity index (χ1) is 6.19. The van der Waals surface area contributed by atoms with E-state index in [2.05, 4.69) is 13.0 Å². The molecule has 0 fully saturated rings. The average Bonchev–Trinajstić information content (AvgIpc) is 2.13. The number of allylic oxidation sites excluding steroid dienone is 2. The molecule has 0 spiro atoms. The molecule has 13 heavy (non-hydrogen) atoms. The highest BCUT2D eigenvalue weighted by molar-refractivity contribution is 6.32. The number of aromatic hydroxyl groups is 1. The Kier molecular flexibility index (Phi) is 3.38. The van der Waals surface area contributed by atoms with E-state index in [1.54, 1.807) is 12.1 Å². The highest BCUT2D eigenvalue weighted by atomic mass is 35.5. The normalized spacial score (nSPS) is 11.8. The molecule has 1 aromatic rings. The van der Waals surface area contributed by atoms with Crippen molar-refractivity contribution in [3.8, 4) is 5.75 Å². The highest BCUT2D eigenvalue weighted by Gasteiger charge is 2.02. The Bertz CT molecular complexity index is 329. The van der Waals surface area contributed by atoms with Crippen LogP contribution < -0.4 is 0 Å². The fourth-order valence-electron chi connectivity index (χ4n) is 1.28. The summed E-state index contributed by atoms with van der Waals surface area (Å²) in [6.45, 7) is 4.09. The molecule has 1 aromatic carbocycles. The van der Waals surface area contributed by atoms with Crippen molar-refractivity contribution in [1.29, 1.82) is 0 Å². The molecule has 70 valence electrons. The summed E-state index contributed by atoms with van der Waals surface area (Å²) in [5.41, 5.74) is 2.31. The smallest absolute Gasteiger partial charge is 0.134 e. The Balaban J connectivity index is 3.10. The van der Waals surface area contributed by atoms with E-state index in [0.717, 1.165) is 12.0 Å². The SMILES string of the molecule is CC=C(CC)c1ccc(O)c(Cl)c1. The van der Waals surface area contributed by atoms with E-state index in [4.69, 9.17) is 11.6 Å². The Labute approximate surface area is 83.7 Å². The van der Waals surface area contributed by atoms with Crippen LogP contribution in [0.5, 0.6) is 5.75 Å². The minimum atomic E-state index is 0.136. The molecular formula is C11H13ClO. The second-order valence-corrected chi connectivity index (χ2v) is 3.24. The first-order valence-corrected chi connectivity index (χ1v) is 4.71. The van der Waals surface area contributed by atoms with Crippen molar-refractivity contribution < 1.29 is 5.11 Å². The summed E-state index contributed by atoms with van der Waals surface area (Å²) < 4.78 is 0. The van der Waals surface area contributed by atoms with E-state index < -0.39 is 0 Å². The topological polar surface area (TPSA) is 20.2 Å². The van der Waals surface area contributed by atoms with E-state index in [9.17, 15) is 5.11 Å². The number of rotatable bonds is 2. The van der Waals surface area contributed by atoms with Gasteiger partial charge in [-0.2, -0.15) is 0 Å². The molecule has 0 aliphatic heterocycles. The molecule has 0 saturated heterocycles. The Hall–Kier alpha value is -0.950. The zero-order chi connectivity index (χ0) is 9.84. The van der Waals surface area contributed by atoms with Crippen LogP contribution in [0.4, 0.5) is 0 Å². The third kappa shape index (κ3) is 2.25. The molecule has 0 saturated carbocycles. The summed E-state index contributed by atoms with van der Waals surface area (Å²) in [6, 6.07) is 5.28. The number of halogens is 1. The third-order valence-corrected chi connectivity index (χ3v) is 2.35. The first-order valence-electron chi connectivity index (χ1n) is 4.33. The lowest BCUT2D eigenvalue weighted by Gasteiger charge is -2.05. The van der Waals surface area contributed by atoms with Gasteiger partial charge in [0, 0.05) is 0 Å². The summed E-state index contributed by atoms with van der Waals surface area (Å²) in [7, 11) is 0. The molecule has 0 heterocycles. The van der Waals surface area contributed by atoms with Crippen LogP contribution in [0.3, 0.4) is 0 Å². The van der Waals surface area contributed by atoms with E-state index in [1.807, 2.05) is 13.0 Å². The number of phenols is 1. The van der Waals surface area contributed by atoms with Crippen LogP contribution in [0.1, 0.15) is 25.8 Å². The van der Waals surface area contributed by atoms with Crippen LogP contribution in [0, 0.1) is 0 Å². The van der Waals surface area contributed by atoms with Gasteiger partial charge in [-0.15, -0.1) is 0 Å². The van der Waals surface area contributed by atoms with Gasteiger partial charge in [-0.05, 0) is 36.6 Å². The van der Waals surface area contributed by atoms with Crippen LogP contribution in [0.15, 0.2) is 24.3 Å². The Morgan fingerprint density at radius 3 is 2.69 bits per heavy atom. The maximum Gasteiger partial charge on any atom is 0.134 e. The van der Waals surface area contributed by atoms with E-state index in [0.29, 0.717) is 5.02 Å². The van der Waals surface area contributed by atoms with Gasteiger partial charge in [-0.1, -0.05) is 30.7 Å². The van der Waals surface area contributed by atoms with Crippen molar-refractivity contribution in [3.63, 3.8) is 0 Å². The van der Waals surface area contributed by atoms with Crippen molar-refractivity contribution in [3.05, 3.63) is 34.9 Å². The summed E-state index contributed by atoms with van der Waals surface area (Å²) >= 11 is 5.79. The fraction of sp³-hybridized carbons (Fsp3) is 0.273. The maximum atomic E-state index is 9.22. The van der Waals surface area contributed by atoms with Crippen molar-refractivity contribution in [2.24, 2.45) is 0 Å². The van der Waals surface area contributed by atoms with Crippen LogP contribution in [0.25, 0.3) is 5.57 Å². The molecule has 0 aliphatic rings. The third-order valence-electron chi connectivity index (χ3n) is 2.05. The van der Waals surface area contributed by atoms with Crippen molar-refractivity contribution >= 4 is 17.2 Å². The zero-order valence-corrected chi connectivity index (χ0v) is 8.60. The predicted octanol–water partition coefficient (Wildman–Crippen LogP) is 3.86. The van der Waals surface area contributed by atoms with Gasteiger partial charge in [0.1, 0.15) is 5.75 Å². The second-order valence-electron chi connectivity index (χ2n) is 2.83. The molecule has 2 heteroatoms. The van der Waals surface area contributed by atoms with Gasteiger partial charge in [0.25, 0.3) is 0 Å². The van der Waals surface area contributed by atoms with E-state index >= 15 is 0 Å². The minimum absolute atomic E-state index is 0.136. The van der Waals surface area contributed by atoms with Gasteiger partial charge in [0.15, 0.2) is 0 Å². The molecule has 0 unspecified atom stereocenters. The lowest BCUT2D eigenvalue weighted by Crippen LogP contribution is -1.82. The molecule has 1 rings (SSSR count). The quantitative estimate of drug-likeness (QED) is 0.762. The van der Waals surface area contributed by atoms with Crippen LogP contribution >= 0.6 is 11.6 Å². The lowest BCUT2D eigenvalue weighted by molar-refractivity contribution is 0.475. The molecular weight excluding hydrogens is 184 g/mol. The van der Waals surface area contributed by atoms with Crippen molar-refractivity contribution in [2.75, 3.05) is 0 Å². The molecule has 1 nitrogen and oxygen atoms in total. The monoisotopic (exact) mass is 196 g/mol. The fourth-order valence-corrected chi connectivity index (χ4v) is 1.46. The van der Waals surface area contributed by atoms with Gasteiger partial charge in [-0.25, -0.2) is 0 Å². The second kappa shape index (κ2) is 4.33. The van der Waals surface area contributed by atoms with Crippen molar-refractivity contribution in [2.45, 2.75) is 20.3 Å². The van der Waals surface area contributed by atoms with Crippen LogP contribution in [-0.2, 0) is 0 Å². The number of hydrogen-bond acceptors (Lipinski definition) is 1. The van der Waals surface area contributed by atoms with E-state index in [1.165, 1.54) is 5.57 Å². The van der Waals surface area contributed by atoms with Gasteiger partial charge in [0.05, 0.1) is 5.02 Å². The van der Waals surface area contributed by atoms with Gasteiger partial charge < -0.3 is 5.11 Å². The zero-order valence-electron chi connectivity index (χ0n) is 7.84. The van der Waals surface area contributed by atoms with Gasteiger partial charge in [-0.3, -0.25) is 0 Å². The standard InChI is InChI=1S/C11H13ClO/c1-3-8(4-2)9-5-6-11(13)10(12)7-9/h3,5-7,13H,4H2,1-2H3. The molecule has 0 radical (unpaired) electrons. The molecule has 0 atom stereocenters. The lowest BCUT2D eigenvalue weighted by atomic mass is 10.0. The summed E-state index contributed by atoms with van der Waals surface area (Å²) in [5.74, 6) is 0.136. The molecule has 1 N–H and O–H groups in total. The summed E-state index contributed by atoms with van der Waals surface area (Å²) in [6.07, 6.45) is 3.03. The van der Waals surface area contributed by atoms with Crippen LogP contribution in [0.2, 0.25) is 5.02 Å². The Morgan fingerprint density at radius 1 is 1.54 bits per heavy atom. The summed E-state index contributed by atoms with van der Waals surface area (Å²) in [5, 5.41) is 9.63. The number of hydrogen-bond donors (Lipinski definition) is 1. The van der Waals surface area contributed by atoms with Crippen LogP contribution in [-0.4, -0.2) is 5.11 Å². The maximum absolute atomic E-state index is 9.22. The minimum Gasteiger partial charge on any atom is -0.506 e. The number of benzene rings is 1. The first kappa shape index (κ1) is 10.1.